The van der Waals surface area contributed by atoms with Crippen LogP contribution in [-0.4, -0.2) is 32.0 Å². The van der Waals surface area contributed by atoms with E-state index in [9.17, 15) is 4.79 Å². The predicted octanol–water partition coefficient (Wildman–Crippen LogP) is 3.07. The van der Waals surface area contributed by atoms with E-state index in [-0.39, 0.29) is 12.6 Å². The molecule has 3 aromatic rings. The maximum atomic E-state index is 12.1. The summed E-state index contributed by atoms with van der Waals surface area (Å²) in [6, 6.07) is 9.17. The van der Waals surface area contributed by atoms with E-state index < -0.39 is 0 Å². The van der Waals surface area contributed by atoms with Gasteiger partial charge in [-0.2, -0.15) is 10.2 Å². The minimum atomic E-state index is -0.228. The standard InChI is InChI=1S/C16H15Br2N5O2/c17-12-1-3-14(4-2-12)25-11-23-7-5-15(21-23)16(24)19-6-8-22-10-13(18)9-20-22/h1-5,7,9-10H,6,8,11H2,(H,19,24). The van der Waals surface area contributed by atoms with Gasteiger partial charge in [-0.1, -0.05) is 15.9 Å². The maximum Gasteiger partial charge on any atom is 0.271 e. The number of nitrogens with one attached hydrogen (secondary N) is 1. The lowest BCUT2D eigenvalue weighted by Crippen LogP contribution is -2.27. The molecule has 0 aliphatic carbocycles. The Morgan fingerprint density at radius 2 is 1.92 bits per heavy atom. The zero-order valence-electron chi connectivity index (χ0n) is 13.1. The first-order chi connectivity index (χ1) is 12.1. The average Bonchev–Trinajstić information content (AvgIpc) is 3.23. The maximum absolute atomic E-state index is 12.1. The molecule has 0 saturated carbocycles. The van der Waals surface area contributed by atoms with Crippen LogP contribution < -0.4 is 10.1 Å². The summed E-state index contributed by atoms with van der Waals surface area (Å²) in [6.45, 7) is 1.29. The summed E-state index contributed by atoms with van der Waals surface area (Å²) >= 11 is 6.70. The van der Waals surface area contributed by atoms with E-state index in [1.807, 2.05) is 30.5 Å². The molecule has 130 valence electrons. The fourth-order valence-electron chi connectivity index (χ4n) is 2.06. The second kappa shape index (κ2) is 8.30. The third kappa shape index (κ3) is 5.17. The largest absolute Gasteiger partial charge is 0.471 e. The number of aromatic nitrogens is 4. The van der Waals surface area contributed by atoms with Crippen molar-refractivity contribution in [2.45, 2.75) is 13.3 Å². The second-order valence-electron chi connectivity index (χ2n) is 5.15. The van der Waals surface area contributed by atoms with Gasteiger partial charge in [0, 0.05) is 23.4 Å². The molecule has 1 N–H and O–H groups in total. The number of carbonyl (C=O) groups is 1. The van der Waals surface area contributed by atoms with Gasteiger partial charge in [-0.15, -0.1) is 0 Å². The Kier molecular flexibility index (Phi) is 5.87. The smallest absolute Gasteiger partial charge is 0.271 e. The van der Waals surface area contributed by atoms with Gasteiger partial charge in [0.25, 0.3) is 5.91 Å². The van der Waals surface area contributed by atoms with Crippen LogP contribution in [0.1, 0.15) is 10.5 Å². The summed E-state index contributed by atoms with van der Waals surface area (Å²) in [5, 5.41) is 11.2. The van der Waals surface area contributed by atoms with Crippen LogP contribution in [0, 0.1) is 0 Å². The van der Waals surface area contributed by atoms with Crippen molar-refractivity contribution in [2.75, 3.05) is 6.54 Å². The van der Waals surface area contributed by atoms with Crippen molar-refractivity contribution < 1.29 is 9.53 Å². The first kappa shape index (κ1) is 17.7. The van der Waals surface area contributed by atoms with Crippen molar-refractivity contribution in [2.24, 2.45) is 0 Å². The van der Waals surface area contributed by atoms with Gasteiger partial charge in [-0.3, -0.25) is 9.48 Å². The van der Waals surface area contributed by atoms with Gasteiger partial charge in [0.05, 0.1) is 17.2 Å². The fraction of sp³-hybridized carbons (Fsp3) is 0.188. The van der Waals surface area contributed by atoms with Gasteiger partial charge < -0.3 is 10.1 Å². The number of carbonyl (C=O) groups excluding carboxylic acids is 1. The third-order valence-electron chi connectivity index (χ3n) is 3.28. The number of ether oxygens (including phenoxy) is 1. The number of nitrogens with zero attached hydrogens (tertiary/aromatic N) is 4. The highest BCUT2D eigenvalue weighted by Crippen LogP contribution is 2.16. The highest BCUT2D eigenvalue weighted by molar-refractivity contribution is 9.10. The van der Waals surface area contributed by atoms with Gasteiger partial charge in [-0.25, -0.2) is 4.68 Å². The number of hydrogen-bond acceptors (Lipinski definition) is 4. The fourth-order valence-corrected chi connectivity index (χ4v) is 2.65. The van der Waals surface area contributed by atoms with Crippen LogP contribution in [0.2, 0.25) is 0 Å². The Morgan fingerprint density at radius 1 is 1.12 bits per heavy atom. The minimum Gasteiger partial charge on any atom is -0.471 e. The van der Waals surface area contributed by atoms with E-state index in [1.54, 1.807) is 27.8 Å². The quantitative estimate of drug-likeness (QED) is 0.578. The molecule has 0 unspecified atom stereocenters. The SMILES string of the molecule is O=C(NCCn1cc(Br)cn1)c1ccn(COc2ccc(Br)cc2)n1. The van der Waals surface area contributed by atoms with Crippen molar-refractivity contribution in [3.63, 3.8) is 0 Å². The number of rotatable bonds is 7. The molecule has 0 aliphatic rings. The monoisotopic (exact) mass is 467 g/mol. The zero-order chi connectivity index (χ0) is 17.6. The molecular formula is C16H15Br2N5O2. The van der Waals surface area contributed by atoms with Crippen molar-refractivity contribution in [1.29, 1.82) is 0 Å². The molecule has 0 saturated heterocycles. The van der Waals surface area contributed by atoms with Crippen LogP contribution in [0.15, 0.2) is 57.9 Å². The van der Waals surface area contributed by atoms with Crippen LogP contribution in [0.5, 0.6) is 5.75 Å². The Morgan fingerprint density at radius 3 is 2.64 bits per heavy atom. The lowest BCUT2D eigenvalue weighted by atomic mass is 10.3. The predicted molar refractivity (Wildman–Crippen MR) is 99.3 cm³/mol. The first-order valence-electron chi connectivity index (χ1n) is 7.48. The Bertz CT molecular complexity index is 844. The van der Waals surface area contributed by atoms with E-state index in [4.69, 9.17) is 4.74 Å². The number of amides is 1. The summed E-state index contributed by atoms with van der Waals surface area (Å²) in [6.07, 6.45) is 5.26. The normalized spacial score (nSPS) is 10.6. The summed E-state index contributed by atoms with van der Waals surface area (Å²) in [4.78, 5) is 12.1. The summed E-state index contributed by atoms with van der Waals surface area (Å²) in [5.74, 6) is 0.503. The number of benzene rings is 1. The molecule has 2 aromatic heterocycles. The van der Waals surface area contributed by atoms with Gasteiger partial charge >= 0.3 is 0 Å². The van der Waals surface area contributed by atoms with Crippen molar-refractivity contribution >= 4 is 37.8 Å². The van der Waals surface area contributed by atoms with Crippen molar-refractivity contribution in [1.82, 2.24) is 24.9 Å². The van der Waals surface area contributed by atoms with E-state index in [0.29, 0.717) is 18.8 Å². The molecule has 7 nitrogen and oxygen atoms in total. The zero-order valence-corrected chi connectivity index (χ0v) is 16.3. The lowest BCUT2D eigenvalue weighted by Gasteiger charge is -2.06. The van der Waals surface area contributed by atoms with Crippen LogP contribution >= 0.6 is 31.9 Å². The first-order valence-corrected chi connectivity index (χ1v) is 9.07. The molecule has 1 aromatic carbocycles. The molecule has 0 radical (unpaired) electrons. The molecule has 0 spiro atoms. The average molecular weight is 469 g/mol. The molecular weight excluding hydrogens is 454 g/mol. The van der Waals surface area contributed by atoms with Gasteiger partial charge in [0.2, 0.25) is 0 Å². The molecule has 9 heteroatoms. The Hall–Kier alpha value is -2.13. The molecule has 3 rings (SSSR count). The Labute approximate surface area is 161 Å². The van der Waals surface area contributed by atoms with E-state index in [1.165, 1.54) is 0 Å². The highest BCUT2D eigenvalue weighted by atomic mass is 79.9. The number of hydrogen-bond donors (Lipinski definition) is 1. The van der Waals surface area contributed by atoms with Crippen molar-refractivity contribution in [3.8, 4) is 5.75 Å². The van der Waals surface area contributed by atoms with E-state index in [2.05, 4.69) is 47.4 Å². The molecule has 1 amide bonds. The molecule has 25 heavy (non-hydrogen) atoms. The van der Waals surface area contributed by atoms with Crippen LogP contribution in [-0.2, 0) is 13.3 Å². The Balaban J connectivity index is 1.46. The summed E-state index contributed by atoms with van der Waals surface area (Å²) in [5.41, 5.74) is 0.348. The minimum absolute atomic E-state index is 0.228. The van der Waals surface area contributed by atoms with Crippen LogP contribution in [0.4, 0.5) is 0 Å². The van der Waals surface area contributed by atoms with Gasteiger partial charge in [0.1, 0.15) is 11.4 Å². The number of halogens is 2. The van der Waals surface area contributed by atoms with Gasteiger partial charge in [-0.05, 0) is 46.3 Å². The van der Waals surface area contributed by atoms with Crippen LogP contribution in [0.25, 0.3) is 0 Å². The molecule has 0 bridgehead atoms. The third-order valence-corrected chi connectivity index (χ3v) is 4.22. The van der Waals surface area contributed by atoms with Crippen molar-refractivity contribution in [3.05, 3.63) is 63.6 Å². The molecule has 0 aliphatic heterocycles. The van der Waals surface area contributed by atoms with E-state index in [0.717, 1.165) is 14.7 Å². The molecule has 0 atom stereocenters. The topological polar surface area (TPSA) is 74.0 Å². The molecule has 2 heterocycles. The summed E-state index contributed by atoms with van der Waals surface area (Å²) < 4.78 is 10.8. The van der Waals surface area contributed by atoms with E-state index >= 15 is 0 Å². The lowest BCUT2D eigenvalue weighted by molar-refractivity contribution is 0.0945. The van der Waals surface area contributed by atoms with Crippen LogP contribution in [0.3, 0.4) is 0 Å². The van der Waals surface area contributed by atoms with Gasteiger partial charge in [0.15, 0.2) is 6.73 Å². The second-order valence-corrected chi connectivity index (χ2v) is 6.98. The highest BCUT2D eigenvalue weighted by Gasteiger charge is 2.09. The molecule has 0 fully saturated rings. The summed E-state index contributed by atoms with van der Waals surface area (Å²) in [7, 11) is 0.